The molecule has 0 radical (unpaired) electrons. The van der Waals surface area contributed by atoms with Gasteiger partial charge in [0.05, 0.1) is 17.2 Å². The van der Waals surface area contributed by atoms with Crippen molar-refractivity contribution in [2.45, 2.75) is 6.61 Å². The number of non-ortho nitro benzene ring substituents is 1. The number of ether oxygens (including phenoxy) is 2. The number of hydrogen-bond acceptors (Lipinski definition) is 5. The number of hydrogen-bond donors (Lipinski definition) is 2. The van der Waals surface area contributed by atoms with Crippen LogP contribution >= 0.6 is 0 Å². The van der Waals surface area contributed by atoms with Crippen LogP contribution in [0, 0.1) is 10.1 Å². The molecule has 0 atom stereocenters. The summed E-state index contributed by atoms with van der Waals surface area (Å²) < 4.78 is 34.4. The van der Waals surface area contributed by atoms with Gasteiger partial charge in [-0.2, -0.15) is 8.78 Å². The lowest BCUT2D eigenvalue weighted by Crippen LogP contribution is -2.32. The molecule has 2 aromatic carbocycles. The number of amides is 2. The van der Waals surface area contributed by atoms with E-state index in [-0.39, 0.29) is 30.3 Å². The third kappa shape index (κ3) is 5.89. The number of urea groups is 1. The molecule has 2 aromatic rings. The highest BCUT2D eigenvalue weighted by Gasteiger charge is 2.16. The third-order valence-electron chi connectivity index (χ3n) is 3.04. The summed E-state index contributed by atoms with van der Waals surface area (Å²) >= 11 is 0. The quantitative estimate of drug-likeness (QED) is 0.423. The van der Waals surface area contributed by atoms with E-state index in [4.69, 9.17) is 4.74 Å². The average Bonchev–Trinajstić information content (AvgIpc) is 2.60. The van der Waals surface area contributed by atoms with Gasteiger partial charge in [-0.1, -0.05) is 18.2 Å². The van der Waals surface area contributed by atoms with Crippen molar-refractivity contribution in [3.05, 3.63) is 58.6 Å². The lowest BCUT2D eigenvalue weighted by molar-refractivity contribution is -0.384. The van der Waals surface area contributed by atoms with Crippen molar-refractivity contribution < 1.29 is 28.0 Å². The van der Waals surface area contributed by atoms with Crippen LogP contribution in [0.25, 0.3) is 0 Å². The summed E-state index contributed by atoms with van der Waals surface area (Å²) in [7, 11) is 0. The van der Waals surface area contributed by atoms with Gasteiger partial charge in [-0.15, -0.1) is 0 Å². The second-order valence-corrected chi connectivity index (χ2v) is 4.86. The Morgan fingerprint density at radius 1 is 1.19 bits per heavy atom. The van der Waals surface area contributed by atoms with E-state index in [1.165, 1.54) is 0 Å². The fourth-order valence-corrected chi connectivity index (χ4v) is 1.94. The van der Waals surface area contributed by atoms with Crippen molar-refractivity contribution in [1.82, 2.24) is 5.32 Å². The van der Waals surface area contributed by atoms with Crippen LogP contribution in [0.1, 0.15) is 0 Å². The minimum absolute atomic E-state index is 0.126. The van der Waals surface area contributed by atoms with Crippen molar-refractivity contribution in [2.75, 3.05) is 18.5 Å². The molecule has 2 amide bonds. The minimum atomic E-state index is -3.14. The summed E-state index contributed by atoms with van der Waals surface area (Å²) in [5.74, 6) is 0.238. The molecule has 10 heteroatoms. The number of benzene rings is 2. The number of carbonyl (C=O) groups is 1. The van der Waals surface area contributed by atoms with Crippen LogP contribution in [0.5, 0.6) is 11.5 Å². The maximum absolute atomic E-state index is 12.4. The van der Waals surface area contributed by atoms with Gasteiger partial charge in [-0.3, -0.25) is 10.1 Å². The average molecular weight is 367 g/mol. The molecule has 0 aliphatic rings. The fraction of sp³-hybridized carbons (Fsp3) is 0.188. The molecule has 138 valence electrons. The fourth-order valence-electron chi connectivity index (χ4n) is 1.94. The summed E-state index contributed by atoms with van der Waals surface area (Å²) in [4.78, 5) is 21.9. The maximum Gasteiger partial charge on any atom is 0.387 e. The third-order valence-corrected chi connectivity index (χ3v) is 3.04. The molecule has 0 saturated heterocycles. The molecule has 26 heavy (non-hydrogen) atoms. The van der Waals surface area contributed by atoms with Crippen molar-refractivity contribution >= 4 is 17.4 Å². The standard InChI is InChI=1S/C16H15F2N3O5/c17-15(18)26-14-7-6-11(21(23)24)10-13(14)20-16(22)19-8-9-25-12-4-2-1-3-5-12/h1-7,10,15H,8-9H2,(H2,19,20,22). The van der Waals surface area contributed by atoms with Gasteiger partial charge in [0, 0.05) is 12.1 Å². The van der Waals surface area contributed by atoms with Gasteiger partial charge in [0.15, 0.2) is 0 Å². The van der Waals surface area contributed by atoms with Crippen molar-refractivity contribution in [1.29, 1.82) is 0 Å². The second kappa shape index (κ2) is 9.16. The Kier molecular flexibility index (Phi) is 6.66. The summed E-state index contributed by atoms with van der Waals surface area (Å²) in [6.07, 6.45) is 0. The van der Waals surface area contributed by atoms with E-state index in [0.717, 1.165) is 18.2 Å². The maximum atomic E-state index is 12.4. The van der Waals surface area contributed by atoms with E-state index < -0.39 is 17.6 Å². The van der Waals surface area contributed by atoms with E-state index in [0.29, 0.717) is 5.75 Å². The zero-order valence-corrected chi connectivity index (χ0v) is 13.4. The van der Waals surface area contributed by atoms with Crippen molar-refractivity contribution in [2.24, 2.45) is 0 Å². The van der Waals surface area contributed by atoms with Crippen LogP contribution in [-0.4, -0.2) is 30.7 Å². The van der Waals surface area contributed by atoms with Crippen LogP contribution in [0.2, 0.25) is 0 Å². The van der Waals surface area contributed by atoms with E-state index in [2.05, 4.69) is 15.4 Å². The Hall–Kier alpha value is -3.43. The predicted molar refractivity (Wildman–Crippen MR) is 88.7 cm³/mol. The molecule has 2 rings (SSSR count). The molecule has 0 spiro atoms. The number of carbonyl (C=O) groups excluding carboxylic acids is 1. The first kappa shape index (κ1) is 18.9. The Bertz CT molecular complexity index is 759. The number of nitro groups is 1. The topological polar surface area (TPSA) is 103 Å². The first-order chi connectivity index (χ1) is 12.5. The van der Waals surface area contributed by atoms with E-state index >= 15 is 0 Å². The first-order valence-corrected chi connectivity index (χ1v) is 7.41. The molecule has 0 aliphatic heterocycles. The number of para-hydroxylation sites is 1. The van der Waals surface area contributed by atoms with E-state index in [1.807, 2.05) is 6.07 Å². The number of nitrogens with one attached hydrogen (secondary N) is 2. The summed E-state index contributed by atoms with van der Waals surface area (Å²) in [5.41, 5.74) is -0.629. The molecule has 0 aromatic heterocycles. The molecule has 0 heterocycles. The molecule has 0 saturated carbocycles. The van der Waals surface area contributed by atoms with Gasteiger partial charge >= 0.3 is 12.6 Å². The lowest BCUT2D eigenvalue weighted by atomic mass is 10.2. The highest BCUT2D eigenvalue weighted by molar-refractivity contribution is 5.91. The van der Waals surface area contributed by atoms with Crippen LogP contribution in [-0.2, 0) is 0 Å². The number of nitro benzene ring substituents is 1. The van der Waals surface area contributed by atoms with E-state index in [9.17, 15) is 23.7 Å². The van der Waals surface area contributed by atoms with Crippen molar-refractivity contribution in [3.8, 4) is 11.5 Å². The number of alkyl halides is 2. The van der Waals surface area contributed by atoms with E-state index in [1.54, 1.807) is 24.3 Å². The van der Waals surface area contributed by atoms with Crippen LogP contribution in [0.15, 0.2) is 48.5 Å². The first-order valence-electron chi connectivity index (χ1n) is 7.41. The van der Waals surface area contributed by atoms with Gasteiger partial charge in [0.2, 0.25) is 0 Å². The van der Waals surface area contributed by atoms with Gasteiger partial charge in [0.1, 0.15) is 18.1 Å². The molecule has 0 bridgehead atoms. The van der Waals surface area contributed by atoms with Crippen LogP contribution in [0.4, 0.5) is 25.0 Å². The van der Waals surface area contributed by atoms with Gasteiger partial charge in [-0.05, 0) is 18.2 Å². The van der Waals surface area contributed by atoms with Crippen LogP contribution in [0.3, 0.4) is 0 Å². The smallest absolute Gasteiger partial charge is 0.387 e. The SMILES string of the molecule is O=C(NCCOc1ccccc1)Nc1cc([N+](=O)[O-])ccc1OC(F)F. The van der Waals surface area contributed by atoms with Crippen molar-refractivity contribution in [3.63, 3.8) is 0 Å². The molecule has 2 N–H and O–H groups in total. The molecule has 0 fully saturated rings. The molecule has 0 aliphatic carbocycles. The zero-order chi connectivity index (χ0) is 18.9. The molecular formula is C16H15F2N3O5. The Morgan fingerprint density at radius 3 is 2.58 bits per heavy atom. The summed E-state index contributed by atoms with van der Waals surface area (Å²) in [6, 6.07) is 11.1. The highest BCUT2D eigenvalue weighted by atomic mass is 19.3. The number of rotatable bonds is 8. The number of anilines is 1. The minimum Gasteiger partial charge on any atom is -0.492 e. The normalized spacial score (nSPS) is 10.3. The predicted octanol–water partition coefficient (Wildman–Crippen LogP) is 3.40. The second-order valence-electron chi connectivity index (χ2n) is 4.86. The Balaban J connectivity index is 1.91. The van der Waals surface area contributed by atoms with Gasteiger partial charge in [0.25, 0.3) is 5.69 Å². The van der Waals surface area contributed by atoms with Crippen LogP contribution < -0.4 is 20.1 Å². The summed E-state index contributed by atoms with van der Waals surface area (Å²) in [5, 5.41) is 15.5. The lowest BCUT2D eigenvalue weighted by Gasteiger charge is -2.12. The molecular weight excluding hydrogens is 352 g/mol. The van der Waals surface area contributed by atoms with Gasteiger partial charge < -0.3 is 20.1 Å². The largest absolute Gasteiger partial charge is 0.492 e. The highest BCUT2D eigenvalue weighted by Crippen LogP contribution is 2.30. The molecule has 0 unspecified atom stereocenters. The number of nitrogens with zero attached hydrogens (tertiary/aromatic N) is 1. The summed E-state index contributed by atoms with van der Waals surface area (Å²) in [6.45, 7) is -2.84. The number of halogens is 2. The molecule has 8 nitrogen and oxygen atoms in total. The zero-order valence-electron chi connectivity index (χ0n) is 13.4. The van der Waals surface area contributed by atoms with Gasteiger partial charge in [-0.25, -0.2) is 4.79 Å². The monoisotopic (exact) mass is 367 g/mol. The Labute approximate surface area is 146 Å². The Morgan fingerprint density at radius 2 is 1.92 bits per heavy atom.